The number of likely N-dealkylation sites (N-methyl/N-ethyl adjacent to an activating group) is 1. The quantitative estimate of drug-likeness (QED) is 0.631. The average molecular weight is 444 g/mol. The highest BCUT2D eigenvalue weighted by Crippen LogP contribution is 2.32. The highest BCUT2D eigenvalue weighted by Gasteiger charge is 2.34. The van der Waals surface area contributed by atoms with Gasteiger partial charge in [-0.25, -0.2) is 0 Å². The number of benzene rings is 2. The van der Waals surface area contributed by atoms with Crippen LogP contribution >= 0.6 is 23.4 Å². The maximum atomic E-state index is 12.5. The molecule has 0 unspecified atom stereocenters. The van der Waals surface area contributed by atoms with Gasteiger partial charge in [0.25, 0.3) is 11.1 Å². The number of amides is 3. The Bertz CT molecular complexity index is 948. The molecule has 0 saturated carbocycles. The second kappa shape index (κ2) is 10.4. The number of thioether (sulfide) groups is 1. The van der Waals surface area contributed by atoms with Crippen LogP contribution in [0.4, 0.5) is 4.79 Å². The van der Waals surface area contributed by atoms with E-state index in [2.05, 4.69) is 5.32 Å². The van der Waals surface area contributed by atoms with Gasteiger partial charge in [-0.05, 0) is 48.1 Å². The summed E-state index contributed by atoms with van der Waals surface area (Å²) >= 11 is 6.76. The highest BCUT2D eigenvalue weighted by molar-refractivity contribution is 8.18. The van der Waals surface area contributed by atoms with Crippen molar-refractivity contribution < 1.29 is 14.4 Å². The van der Waals surface area contributed by atoms with Gasteiger partial charge in [-0.2, -0.15) is 0 Å². The van der Waals surface area contributed by atoms with Crippen LogP contribution in [-0.2, 0) is 16.1 Å². The average Bonchev–Trinajstić information content (AvgIpc) is 2.97. The Balaban J connectivity index is 1.46. The first-order valence-corrected chi connectivity index (χ1v) is 10.6. The first-order valence-electron chi connectivity index (χ1n) is 9.42. The number of hydrogen-bond donors (Lipinski definition) is 1. The summed E-state index contributed by atoms with van der Waals surface area (Å²) in [6.07, 6.45) is 1.67. The lowest BCUT2D eigenvalue weighted by molar-refractivity contribution is -0.124. The zero-order valence-electron chi connectivity index (χ0n) is 16.5. The van der Waals surface area contributed by atoms with E-state index in [0.29, 0.717) is 16.5 Å². The Kier molecular flexibility index (Phi) is 7.68. The normalized spacial score (nSPS) is 15.3. The molecule has 0 radical (unpaired) electrons. The van der Waals surface area contributed by atoms with Gasteiger partial charge in [-0.15, -0.1) is 0 Å². The molecular weight excluding hydrogens is 422 g/mol. The van der Waals surface area contributed by atoms with Crippen LogP contribution in [0.5, 0.6) is 0 Å². The Morgan fingerprint density at radius 3 is 2.53 bits per heavy atom. The number of imide groups is 1. The van der Waals surface area contributed by atoms with Crippen molar-refractivity contribution in [1.82, 2.24) is 15.1 Å². The molecule has 1 fully saturated rings. The second-order valence-corrected chi connectivity index (χ2v) is 8.32. The molecule has 0 aliphatic carbocycles. The van der Waals surface area contributed by atoms with Crippen molar-refractivity contribution in [2.45, 2.75) is 6.54 Å². The highest BCUT2D eigenvalue weighted by atomic mass is 35.5. The SMILES string of the molecule is CN(CC(=O)NCCN1C(=O)S/C(=C/c2ccc(Cl)cc2)C1=O)Cc1ccccc1. The molecule has 2 aromatic carbocycles. The zero-order valence-corrected chi connectivity index (χ0v) is 18.1. The van der Waals surface area contributed by atoms with Crippen LogP contribution in [0.25, 0.3) is 6.08 Å². The van der Waals surface area contributed by atoms with Crippen molar-refractivity contribution in [3.05, 3.63) is 75.7 Å². The van der Waals surface area contributed by atoms with Crippen molar-refractivity contribution in [3.63, 3.8) is 0 Å². The number of rotatable bonds is 8. The van der Waals surface area contributed by atoms with E-state index >= 15 is 0 Å². The minimum absolute atomic E-state index is 0.136. The molecule has 1 aliphatic rings. The first kappa shape index (κ1) is 22.1. The van der Waals surface area contributed by atoms with Crippen LogP contribution in [0.1, 0.15) is 11.1 Å². The smallest absolute Gasteiger partial charge is 0.293 e. The minimum atomic E-state index is -0.351. The number of nitrogens with zero attached hydrogens (tertiary/aromatic N) is 2. The lowest BCUT2D eigenvalue weighted by Gasteiger charge is -2.17. The summed E-state index contributed by atoms with van der Waals surface area (Å²) < 4.78 is 0. The molecule has 156 valence electrons. The number of nitrogens with one attached hydrogen (secondary N) is 1. The largest absolute Gasteiger partial charge is 0.353 e. The van der Waals surface area contributed by atoms with Crippen molar-refractivity contribution in [1.29, 1.82) is 0 Å². The molecule has 1 aliphatic heterocycles. The van der Waals surface area contributed by atoms with E-state index in [-0.39, 0.29) is 36.7 Å². The summed E-state index contributed by atoms with van der Waals surface area (Å²) in [6, 6.07) is 16.9. The van der Waals surface area contributed by atoms with Crippen LogP contribution in [0.3, 0.4) is 0 Å². The van der Waals surface area contributed by atoms with Gasteiger partial charge in [-0.1, -0.05) is 54.1 Å². The van der Waals surface area contributed by atoms with Crippen LogP contribution < -0.4 is 5.32 Å². The molecule has 30 heavy (non-hydrogen) atoms. The van der Waals surface area contributed by atoms with E-state index < -0.39 is 0 Å². The monoisotopic (exact) mass is 443 g/mol. The Hall–Kier alpha value is -2.61. The predicted molar refractivity (Wildman–Crippen MR) is 120 cm³/mol. The fraction of sp³-hybridized carbons (Fsp3) is 0.227. The Labute approximate surface area is 184 Å². The van der Waals surface area contributed by atoms with Crippen LogP contribution in [0.15, 0.2) is 59.5 Å². The summed E-state index contributed by atoms with van der Waals surface area (Å²) in [5.74, 6) is -0.507. The van der Waals surface area contributed by atoms with Gasteiger partial charge in [0.1, 0.15) is 0 Å². The van der Waals surface area contributed by atoms with E-state index in [1.54, 1.807) is 30.3 Å². The summed E-state index contributed by atoms with van der Waals surface area (Å²) in [5.41, 5.74) is 1.91. The molecule has 3 amide bonds. The standard InChI is InChI=1S/C22H22ClN3O3S/c1-25(14-17-5-3-2-4-6-17)15-20(27)24-11-12-26-21(28)19(30-22(26)29)13-16-7-9-18(23)10-8-16/h2-10,13H,11-12,14-15H2,1H3,(H,24,27)/b19-13+. The van der Waals surface area contributed by atoms with Crippen LogP contribution in [0.2, 0.25) is 5.02 Å². The Morgan fingerprint density at radius 2 is 1.83 bits per heavy atom. The fourth-order valence-corrected chi connectivity index (χ4v) is 3.95. The molecule has 6 nitrogen and oxygen atoms in total. The zero-order chi connectivity index (χ0) is 21.5. The van der Waals surface area contributed by atoms with Gasteiger partial charge in [0, 0.05) is 24.7 Å². The van der Waals surface area contributed by atoms with Crippen molar-refractivity contribution in [2.75, 3.05) is 26.7 Å². The van der Waals surface area contributed by atoms with E-state index in [9.17, 15) is 14.4 Å². The topological polar surface area (TPSA) is 69.7 Å². The van der Waals surface area contributed by atoms with E-state index in [1.807, 2.05) is 42.3 Å². The number of hydrogen-bond acceptors (Lipinski definition) is 5. The van der Waals surface area contributed by atoms with Crippen molar-refractivity contribution in [2.24, 2.45) is 0 Å². The van der Waals surface area contributed by atoms with Gasteiger partial charge in [0.05, 0.1) is 11.4 Å². The predicted octanol–water partition coefficient (Wildman–Crippen LogP) is 3.62. The third-order valence-electron chi connectivity index (χ3n) is 4.41. The number of carbonyl (C=O) groups excluding carboxylic acids is 3. The maximum Gasteiger partial charge on any atom is 0.293 e. The van der Waals surface area contributed by atoms with E-state index in [0.717, 1.165) is 27.8 Å². The van der Waals surface area contributed by atoms with E-state index in [1.165, 1.54) is 0 Å². The van der Waals surface area contributed by atoms with Gasteiger partial charge >= 0.3 is 0 Å². The third-order valence-corrected chi connectivity index (χ3v) is 5.57. The molecule has 1 saturated heterocycles. The maximum absolute atomic E-state index is 12.5. The Morgan fingerprint density at radius 1 is 1.13 bits per heavy atom. The molecule has 2 aromatic rings. The summed E-state index contributed by atoms with van der Waals surface area (Å²) in [7, 11) is 1.87. The molecule has 0 spiro atoms. The minimum Gasteiger partial charge on any atom is -0.353 e. The van der Waals surface area contributed by atoms with Gasteiger partial charge in [0.2, 0.25) is 5.91 Å². The summed E-state index contributed by atoms with van der Waals surface area (Å²) in [4.78, 5) is 40.3. The molecule has 0 atom stereocenters. The molecule has 0 bridgehead atoms. The number of carbonyl (C=O) groups is 3. The van der Waals surface area contributed by atoms with Gasteiger partial charge in [-0.3, -0.25) is 24.2 Å². The van der Waals surface area contributed by atoms with Gasteiger partial charge in [0.15, 0.2) is 0 Å². The van der Waals surface area contributed by atoms with Crippen molar-refractivity contribution in [3.8, 4) is 0 Å². The number of halogens is 1. The fourth-order valence-electron chi connectivity index (χ4n) is 2.96. The lowest BCUT2D eigenvalue weighted by Crippen LogP contribution is -2.40. The second-order valence-electron chi connectivity index (χ2n) is 6.89. The molecule has 0 aromatic heterocycles. The van der Waals surface area contributed by atoms with Crippen LogP contribution in [0, 0.1) is 0 Å². The first-order chi connectivity index (χ1) is 14.4. The molecular formula is C22H22ClN3O3S. The molecule has 1 heterocycles. The van der Waals surface area contributed by atoms with Crippen LogP contribution in [-0.4, -0.2) is 53.5 Å². The van der Waals surface area contributed by atoms with Gasteiger partial charge < -0.3 is 5.32 Å². The van der Waals surface area contributed by atoms with Crippen molar-refractivity contribution >= 4 is 46.5 Å². The molecule has 3 rings (SSSR count). The molecule has 8 heteroatoms. The third kappa shape index (κ3) is 6.19. The summed E-state index contributed by atoms with van der Waals surface area (Å²) in [5, 5.41) is 3.03. The van der Waals surface area contributed by atoms with E-state index in [4.69, 9.17) is 11.6 Å². The molecule has 1 N–H and O–H groups in total. The summed E-state index contributed by atoms with van der Waals surface area (Å²) in [6.45, 7) is 1.24. The lowest BCUT2D eigenvalue weighted by atomic mass is 10.2.